The van der Waals surface area contributed by atoms with Crippen LogP contribution in [0.4, 0.5) is 0 Å². The fraction of sp³-hybridized carbons (Fsp3) is 0.643. The minimum absolute atomic E-state index is 0.0881. The molecule has 0 spiro atoms. The van der Waals surface area contributed by atoms with Gasteiger partial charge in [-0.05, 0) is 31.5 Å². The van der Waals surface area contributed by atoms with Gasteiger partial charge in [-0.15, -0.1) is 0 Å². The standard InChI is InChI=1S/C14H22N2O2/c1-16(9-13-4-2-6-15-8-13)10-14(11-17)5-3-7-18-12-14/h2,4,6,8,17H,3,5,7,9-12H2,1H3. The molecule has 2 heterocycles. The van der Waals surface area contributed by atoms with Crippen molar-refractivity contribution < 1.29 is 9.84 Å². The first-order valence-electron chi connectivity index (χ1n) is 6.50. The Kier molecular flexibility index (Phi) is 4.69. The van der Waals surface area contributed by atoms with E-state index >= 15 is 0 Å². The maximum atomic E-state index is 9.64. The van der Waals surface area contributed by atoms with Crippen LogP contribution in [-0.2, 0) is 11.3 Å². The van der Waals surface area contributed by atoms with Gasteiger partial charge < -0.3 is 14.7 Å². The van der Waals surface area contributed by atoms with Gasteiger partial charge in [0.05, 0.1) is 13.2 Å². The lowest BCUT2D eigenvalue weighted by molar-refractivity contribution is -0.0531. The van der Waals surface area contributed by atoms with Crippen LogP contribution in [0.15, 0.2) is 24.5 Å². The number of nitrogens with zero attached hydrogens (tertiary/aromatic N) is 2. The molecule has 1 aromatic rings. The van der Waals surface area contributed by atoms with Crippen LogP contribution >= 0.6 is 0 Å². The van der Waals surface area contributed by atoms with Gasteiger partial charge in [0.15, 0.2) is 0 Å². The number of hydrogen-bond acceptors (Lipinski definition) is 4. The summed E-state index contributed by atoms with van der Waals surface area (Å²) >= 11 is 0. The highest BCUT2D eigenvalue weighted by Gasteiger charge is 2.33. The van der Waals surface area contributed by atoms with Crippen LogP contribution in [0.3, 0.4) is 0 Å². The third-order valence-electron chi connectivity index (χ3n) is 3.52. The Morgan fingerprint density at radius 3 is 3.06 bits per heavy atom. The number of rotatable bonds is 5. The maximum absolute atomic E-state index is 9.64. The Hall–Kier alpha value is -0.970. The van der Waals surface area contributed by atoms with Crippen molar-refractivity contribution in [3.8, 4) is 0 Å². The largest absolute Gasteiger partial charge is 0.396 e. The molecule has 0 aliphatic carbocycles. The SMILES string of the molecule is CN(Cc1cccnc1)CC1(CO)CCCOC1. The van der Waals surface area contributed by atoms with Gasteiger partial charge >= 0.3 is 0 Å². The first kappa shape index (κ1) is 13.5. The molecule has 1 saturated heterocycles. The molecule has 1 aliphatic rings. The van der Waals surface area contributed by atoms with Crippen LogP contribution in [0.1, 0.15) is 18.4 Å². The second kappa shape index (κ2) is 6.27. The molecule has 0 saturated carbocycles. The first-order chi connectivity index (χ1) is 8.74. The fourth-order valence-electron chi connectivity index (χ4n) is 2.64. The molecule has 1 aromatic heterocycles. The van der Waals surface area contributed by atoms with E-state index in [1.54, 1.807) is 6.20 Å². The first-order valence-corrected chi connectivity index (χ1v) is 6.50. The molecule has 0 radical (unpaired) electrons. The molecule has 0 aromatic carbocycles. The fourth-order valence-corrected chi connectivity index (χ4v) is 2.64. The van der Waals surface area contributed by atoms with E-state index in [2.05, 4.69) is 23.0 Å². The highest BCUT2D eigenvalue weighted by Crippen LogP contribution is 2.29. The molecule has 4 nitrogen and oxygen atoms in total. The molecule has 1 atom stereocenters. The van der Waals surface area contributed by atoms with E-state index < -0.39 is 0 Å². The highest BCUT2D eigenvalue weighted by atomic mass is 16.5. The normalized spacial score (nSPS) is 24.4. The van der Waals surface area contributed by atoms with Gasteiger partial charge in [-0.2, -0.15) is 0 Å². The summed E-state index contributed by atoms with van der Waals surface area (Å²) in [6.07, 6.45) is 5.76. The summed E-state index contributed by atoms with van der Waals surface area (Å²) in [5.74, 6) is 0. The van der Waals surface area contributed by atoms with E-state index in [1.165, 1.54) is 5.56 Å². The molecule has 1 N–H and O–H groups in total. The van der Waals surface area contributed by atoms with Crippen LogP contribution in [0.2, 0.25) is 0 Å². The zero-order valence-electron chi connectivity index (χ0n) is 11.0. The smallest absolute Gasteiger partial charge is 0.0556 e. The predicted octanol–water partition coefficient (Wildman–Crippen LogP) is 1.30. The van der Waals surface area contributed by atoms with E-state index in [-0.39, 0.29) is 12.0 Å². The Morgan fingerprint density at radius 1 is 1.56 bits per heavy atom. The van der Waals surface area contributed by atoms with Crippen molar-refractivity contribution in [2.45, 2.75) is 19.4 Å². The molecule has 2 rings (SSSR count). The van der Waals surface area contributed by atoms with Crippen molar-refractivity contribution in [1.82, 2.24) is 9.88 Å². The minimum atomic E-state index is -0.0881. The van der Waals surface area contributed by atoms with Gasteiger partial charge in [-0.3, -0.25) is 4.98 Å². The van der Waals surface area contributed by atoms with Crippen molar-refractivity contribution in [3.63, 3.8) is 0 Å². The maximum Gasteiger partial charge on any atom is 0.0556 e. The number of aromatic nitrogens is 1. The molecule has 18 heavy (non-hydrogen) atoms. The average Bonchev–Trinajstić information content (AvgIpc) is 2.41. The summed E-state index contributed by atoms with van der Waals surface area (Å²) in [5.41, 5.74) is 1.11. The van der Waals surface area contributed by atoms with E-state index in [1.807, 2.05) is 12.3 Å². The highest BCUT2D eigenvalue weighted by molar-refractivity contribution is 5.08. The summed E-state index contributed by atoms with van der Waals surface area (Å²) in [6, 6.07) is 4.03. The van der Waals surface area contributed by atoms with Crippen molar-refractivity contribution in [2.24, 2.45) is 5.41 Å². The zero-order chi connectivity index (χ0) is 12.8. The molecule has 0 bridgehead atoms. The van der Waals surface area contributed by atoms with Gasteiger partial charge in [0, 0.05) is 37.5 Å². The number of aliphatic hydroxyl groups is 1. The van der Waals surface area contributed by atoms with E-state index in [4.69, 9.17) is 4.74 Å². The lowest BCUT2D eigenvalue weighted by Crippen LogP contribution is -2.44. The van der Waals surface area contributed by atoms with Crippen LogP contribution in [0.25, 0.3) is 0 Å². The Morgan fingerprint density at radius 2 is 2.44 bits per heavy atom. The molecule has 1 fully saturated rings. The van der Waals surface area contributed by atoms with E-state index in [0.717, 1.165) is 32.5 Å². The Bertz CT molecular complexity index is 350. The Balaban J connectivity index is 1.91. The number of ether oxygens (including phenoxy) is 1. The topological polar surface area (TPSA) is 45.6 Å². The molecule has 1 aliphatic heterocycles. The molecule has 0 amide bonds. The minimum Gasteiger partial charge on any atom is -0.396 e. The summed E-state index contributed by atoms with van der Waals surface area (Å²) in [7, 11) is 2.08. The summed E-state index contributed by atoms with van der Waals surface area (Å²) in [6.45, 7) is 3.41. The van der Waals surface area contributed by atoms with E-state index in [9.17, 15) is 5.11 Å². The van der Waals surface area contributed by atoms with Gasteiger partial charge in [-0.25, -0.2) is 0 Å². The summed E-state index contributed by atoms with van der Waals surface area (Å²) < 4.78 is 5.53. The molecule has 100 valence electrons. The van der Waals surface area contributed by atoms with Crippen LogP contribution in [0.5, 0.6) is 0 Å². The molecule has 4 heteroatoms. The average molecular weight is 250 g/mol. The van der Waals surface area contributed by atoms with Crippen molar-refractivity contribution in [3.05, 3.63) is 30.1 Å². The third-order valence-corrected chi connectivity index (χ3v) is 3.52. The quantitative estimate of drug-likeness (QED) is 0.855. The van der Waals surface area contributed by atoms with Crippen molar-refractivity contribution in [2.75, 3.05) is 33.4 Å². The van der Waals surface area contributed by atoms with Crippen molar-refractivity contribution >= 4 is 0 Å². The second-order valence-electron chi connectivity index (χ2n) is 5.35. The van der Waals surface area contributed by atoms with Gasteiger partial charge in [-0.1, -0.05) is 6.07 Å². The van der Waals surface area contributed by atoms with Crippen LogP contribution < -0.4 is 0 Å². The lowest BCUT2D eigenvalue weighted by atomic mass is 9.83. The van der Waals surface area contributed by atoms with Crippen LogP contribution in [0, 0.1) is 5.41 Å². The molecular formula is C14H22N2O2. The van der Waals surface area contributed by atoms with E-state index in [0.29, 0.717) is 6.61 Å². The molecular weight excluding hydrogens is 228 g/mol. The van der Waals surface area contributed by atoms with Gasteiger partial charge in [0.25, 0.3) is 0 Å². The van der Waals surface area contributed by atoms with Gasteiger partial charge in [0.2, 0.25) is 0 Å². The number of aliphatic hydroxyl groups excluding tert-OH is 1. The Labute approximate surface area is 109 Å². The van der Waals surface area contributed by atoms with Gasteiger partial charge in [0.1, 0.15) is 0 Å². The van der Waals surface area contributed by atoms with Crippen LogP contribution in [-0.4, -0.2) is 48.4 Å². The third kappa shape index (κ3) is 3.51. The second-order valence-corrected chi connectivity index (χ2v) is 5.35. The summed E-state index contributed by atoms with van der Waals surface area (Å²) in [4.78, 5) is 6.36. The molecule has 1 unspecified atom stereocenters. The monoisotopic (exact) mass is 250 g/mol. The lowest BCUT2D eigenvalue weighted by Gasteiger charge is -2.38. The number of hydrogen-bond donors (Lipinski definition) is 1. The zero-order valence-corrected chi connectivity index (χ0v) is 11.0. The number of pyridine rings is 1. The van der Waals surface area contributed by atoms with Crippen molar-refractivity contribution in [1.29, 1.82) is 0 Å². The predicted molar refractivity (Wildman–Crippen MR) is 70.1 cm³/mol. The summed E-state index contributed by atoms with van der Waals surface area (Å²) in [5, 5.41) is 9.64.